The summed E-state index contributed by atoms with van der Waals surface area (Å²) in [5, 5.41) is 2.22. The molecule has 0 aliphatic carbocycles. The highest BCUT2D eigenvalue weighted by atomic mass is 32.1. The van der Waals surface area contributed by atoms with Crippen LogP contribution in [0, 0.1) is 0 Å². The van der Waals surface area contributed by atoms with Crippen molar-refractivity contribution in [1.82, 2.24) is 19.9 Å². The van der Waals surface area contributed by atoms with Crippen LogP contribution in [-0.2, 0) is 23.3 Å². The van der Waals surface area contributed by atoms with E-state index in [0.29, 0.717) is 5.82 Å². The molecule has 138 valence electrons. The molecule has 3 aromatic heterocycles. The zero-order valence-electron chi connectivity index (χ0n) is 15.2. The van der Waals surface area contributed by atoms with Gasteiger partial charge >= 0.3 is 0 Å². The van der Waals surface area contributed by atoms with E-state index >= 15 is 0 Å². The largest absolute Gasteiger partial charge is 0.370 e. The number of piperidine rings is 1. The quantitative estimate of drug-likeness (QED) is 0.696. The van der Waals surface area contributed by atoms with Gasteiger partial charge < -0.3 is 4.74 Å². The molecule has 0 N–H and O–H groups in total. The molecule has 5 heterocycles. The molecule has 1 spiro atoms. The third-order valence-electron chi connectivity index (χ3n) is 5.61. The molecular formula is C21H22N4OS. The number of thiophene rings is 1. The molecule has 0 radical (unpaired) electrons. The Hall–Kier alpha value is -2.15. The Morgan fingerprint density at radius 1 is 1.07 bits per heavy atom. The minimum atomic E-state index is -0.0522. The highest BCUT2D eigenvalue weighted by Gasteiger charge is 2.41. The molecule has 6 heteroatoms. The van der Waals surface area contributed by atoms with Crippen LogP contribution in [0.3, 0.4) is 0 Å². The Labute approximate surface area is 163 Å². The number of likely N-dealkylation sites (tertiary alicyclic amines) is 1. The van der Waals surface area contributed by atoms with Crippen molar-refractivity contribution >= 4 is 11.3 Å². The fourth-order valence-corrected chi connectivity index (χ4v) is 5.12. The molecule has 0 atom stereocenters. The van der Waals surface area contributed by atoms with Gasteiger partial charge in [-0.1, -0.05) is 6.07 Å². The van der Waals surface area contributed by atoms with Crippen LogP contribution in [0.1, 0.15) is 28.8 Å². The van der Waals surface area contributed by atoms with E-state index in [9.17, 15) is 0 Å². The Morgan fingerprint density at radius 3 is 2.70 bits per heavy atom. The first-order chi connectivity index (χ1) is 13.3. The molecule has 0 unspecified atom stereocenters. The zero-order valence-corrected chi connectivity index (χ0v) is 16.0. The van der Waals surface area contributed by atoms with Crippen molar-refractivity contribution in [2.24, 2.45) is 0 Å². The average Bonchev–Trinajstić information content (AvgIpc) is 3.22. The monoisotopic (exact) mass is 378 g/mol. The number of ether oxygens (including phenoxy) is 1. The third-order valence-corrected chi connectivity index (χ3v) is 6.59. The summed E-state index contributed by atoms with van der Waals surface area (Å²) in [4.78, 5) is 17.3. The fourth-order valence-electron chi connectivity index (χ4n) is 4.16. The molecule has 5 rings (SSSR count). The molecule has 1 saturated heterocycles. The minimum Gasteiger partial charge on any atom is -0.370 e. The lowest BCUT2D eigenvalue weighted by Crippen LogP contribution is -2.45. The summed E-state index contributed by atoms with van der Waals surface area (Å²) in [6.07, 6.45) is 8.80. The van der Waals surface area contributed by atoms with E-state index in [0.717, 1.165) is 56.8 Å². The summed E-state index contributed by atoms with van der Waals surface area (Å²) in [5.41, 5.74) is 3.35. The summed E-state index contributed by atoms with van der Waals surface area (Å²) in [6, 6.07) is 8.06. The minimum absolute atomic E-state index is 0.0522. The van der Waals surface area contributed by atoms with Gasteiger partial charge in [0.2, 0.25) is 0 Å². The van der Waals surface area contributed by atoms with Crippen LogP contribution in [0.2, 0.25) is 0 Å². The highest BCUT2D eigenvalue weighted by Crippen LogP contribution is 2.43. The second-order valence-corrected chi connectivity index (χ2v) is 8.26. The fraction of sp³-hybridized carbons (Fsp3) is 0.381. The Balaban J connectivity index is 1.24. The van der Waals surface area contributed by atoms with E-state index in [2.05, 4.69) is 31.3 Å². The number of nitrogens with zero attached hydrogens (tertiary/aromatic N) is 4. The van der Waals surface area contributed by atoms with E-state index in [1.54, 1.807) is 6.20 Å². The van der Waals surface area contributed by atoms with Gasteiger partial charge in [-0.2, -0.15) is 0 Å². The molecule has 0 aromatic carbocycles. The van der Waals surface area contributed by atoms with Gasteiger partial charge in [0.05, 0.1) is 12.2 Å². The predicted octanol–water partition coefficient (Wildman–Crippen LogP) is 3.66. The number of hydrogen-bond acceptors (Lipinski definition) is 6. The summed E-state index contributed by atoms with van der Waals surface area (Å²) >= 11 is 1.88. The van der Waals surface area contributed by atoms with Crippen molar-refractivity contribution in [3.63, 3.8) is 0 Å². The Kier molecular flexibility index (Phi) is 4.47. The van der Waals surface area contributed by atoms with Crippen molar-refractivity contribution in [3.8, 4) is 11.5 Å². The first-order valence-electron chi connectivity index (χ1n) is 9.48. The van der Waals surface area contributed by atoms with Crippen LogP contribution < -0.4 is 0 Å². The lowest BCUT2D eigenvalue weighted by Gasteiger charge is -2.44. The van der Waals surface area contributed by atoms with Gasteiger partial charge in [-0.3, -0.25) is 9.88 Å². The molecule has 2 aliphatic heterocycles. The lowest BCUT2D eigenvalue weighted by molar-refractivity contribution is -0.0980. The maximum absolute atomic E-state index is 6.30. The summed E-state index contributed by atoms with van der Waals surface area (Å²) in [6.45, 7) is 3.82. The number of fused-ring (bicyclic) bond motifs is 2. The van der Waals surface area contributed by atoms with Crippen molar-refractivity contribution in [3.05, 3.63) is 64.2 Å². The van der Waals surface area contributed by atoms with E-state index in [1.165, 1.54) is 10.4 Å². The van der Waals surface area contributed by atoms with Crippen molar-refractivity contribution < 1.29 is 4.74 Å². The molecule has 3 aromatic rings. The lowest BCUT2D eigenvalue weighted by atomic mass is 9.82. The van der Waals surface area contributed by atoms with Crippen molar-refractivity contribution in [2.75, 3.05) is 19.7 Å². The molecular weight excluding hydrogens is 356 g/mol. The molecule has 0 saturated carbocycles. The highest BCUT2D eigenvalue weighted by molar-refractivity contribution is 7.10. The molecule has 0 amide bonds. The summed E-state index contributed by atoms with van der Waals surface area (Å²) in [5.74, 6) is 0.678. The van der Waals surface area contributed by atoms with Crippen LogP contribution in [0.4, 0.5) is 0 Å². The van der Waals surface area contributed by atoms with Crippen LogP contribution in [0.5, 0.6) is 0 Å². The summed E-state index contributed by atoms with van der Waals surface area (Å²) < 4.78 is 6.30. The first-order valence-corrected chi connectivity index (χ1v) is 10.4. The van der Waals surface area contributed by atoms with Gasteiger partial charge in [-0.05, 0) is 42.0 Å². The van der Waals surface area contributed by atoms with E-state index < -0.39 is 0 Å². The third kappa shape index (κ3) is 3.29. The van der Waals surface area contributed by atoms with Crippen molar-refractivity contribution in [2.45, 2.75) is 31.4 Å². The van der Waals surface area contributed by atoms with Gasteiger partial charge in [0.1, 0.15) is 5.69 Å². The Bertz CT molecular complexity index is 901. The smallest absolute Gasteiger partial charge is 0.178 e. The van der Waals surface area contributed by atoms with Crippen LogP contribution in [0.25, 0.3) is 11.5 Å². The van der Waals surface area contributed by atoms with Gasteiger partial charge in [0.25, 0.3) is 0 Å². The van der Waals surface area contributed by atoms with Gasteiger partial charge in [0, 0.05) is 55.1 Å². The second kappa shape index (κ2) is 7.11. The standard InChI is InChI=1S/C21H22N4OS/c1-2-8-22-18(3-1)20-23-13-16(14-24-20)15-25-9-6-21(7-10-25)17-5-12-27-19(17)4-11-26-21/h1-3,5,8,12-14H,4,6-7,9-11,15H2. The Morgan fingerprint density at radius 2 is 1.93 bits per heavy atom. The van der Waals surface area contributed by atoms with Crippen LogP contribution in [0.15, 0.2) is 48.2 Å². The maximum Gasteiger partial charge on any atom is 0.178 e. The molecule has 1 fully saturated rings. The van der Waals surface area contributed by atoms with E-state index in [4.69, 9.17) is 4.74 Å². The SMILES string of the molecule is c1ccc(-c2ncc(CN3CCC4(CC3)OCCc3sccc34)cn2)nc1. The van der Waals surface area contributed by atoms with Crippen LogP contribution in [-0.4, -0.2) is 39.5 Å². The maximum atomic E-state index is 6.30. The van der Waals surface area contributed by atoms with E-state index in [1.807, 2.05) is 41.9 Å². The molecule has 0 bridgehead atoms. The molecule has 2 aliphatic rings. The van der Waals surface area contributed by atoms with Gasteiger partial charge in [0.15, 0.2) is 5.82 Å². The first kappa shape index (κ1) is 17.0. The average molecular weight is 379 g/mol. The second-order valence-electron chi connectivity index (χ2n) is 7.26. The topological polar surface area (TPSA) is 51.1 Å². The van der Waals surface area contributed by atoms with Gasteiger partial charge in [-0.25, -0.2) is 9.97 Å². The van der Waals surface area contributed by atoms with E-state index in [-0.39, 0.29) is 5.60 Å². The predicted molar refractivity (Wildman–Crippen MR) is 105 cm³/mol. The summed E-state index contributed by atoms with van der Waals surface area (Å²) in [7, 11) is 0. The normalized spacial score (nSPS) is 19.1. The number of rotatable bonds is 3. The van der Waals surface area contributed by atoms with Crippen molar-refractivity contribution in [1.29, 1.82) is 0 Å². The van der Waals surface area contributed by atoms with Gasteiger partial charge in [-0.15, -0.1) is 11.3 Å². The zero-order chi connectivity index (χ0) is 18.1. The number of aromatic nitrogens is 3. The number of pyridine rings is 1. The molecule has 27 heavy (non-hydrogen) atoms. The van der Waals surface area contributed by atoms with Crippen LogP contribution >= 0.6 is 11.3 Å². The molecule has 5 nitrogen and oxygen atoms in total. The number of hydrogen-bond donors (Lipinski definition) is 0.